The molecule has 0 aromatic carbocycles. The highest BCUT2D eigenvalue weighted by molar-refractivity contribution is 7.47. The lowest BCUT2D eigenvalue weighted by Crippen LogP contribution is -2.30. The molecule has 5 atom stereocenters. The normalized spacial score (nSPS) is 14.1. The Balaban J connectivity index is 5.21. The maximum atomic E-state index is 13.1. The van der Waals surface area contributed by atoms with Gasteiger partial charge >= 0.3 is 39.5 Å². The highest BCUT2D eigenvalue weighted by Gasteiger charge is 2.30. The van der Waals surface area contributed by atoms with Crippen LogP contribution in [-0.4, -0.2) is 96.7 Å². The molecule has 92 heavy (non-hydrogen) atoms. The fourth-order valence-corrected chi connectivity index (χ4v) is 12.7. The van der Waals surface area contributed by atoms with Crippen LogP contribution in [0.25, 0.3) is 0 Å². The molecule has 0 radical (unpaired) electrons. The average molecular weight is 1350 g/mol. The van der Waals surface area contributed by atoms with Gasteiger partial charge in [0, 0.05) is 25.7 Å². The number of esters is 4. The average Bonchev–Trinajstić information content (AvgIpc) is 1.63. The Kier molecular flexibility index (Phi) is 62.4. The van der Waals surface area contributed by atoms with Crippen molar-refractivity contribution in [2.45, 2.75) is 388 Å². The summed E-state index contributed by atoms with van der Waals surface area (Å²) in [5.74, 6) is 0.136. The van der Waals surface area contributed by atoms with E-state index in [0.29, 0.717) is 31.6 Å². The molecule has 0 aromatic heterocycles. The van der Waals surface area contributed by atoms with E-state index in [1.807, 2.05) is 0 Å². The monoisotopic (exact) mass is 1350 g/mol. The smallest absolute Gasteiger partial charge is 0.462 e. The van der Waals surface area contributed by atoms with Gasteiger partial charge in [-0.25, -0.2) is 9.13 Å². The molecule has 19 heteroatoms. The molecule has 0 bridgehead atoms. The van der Waals surface area contributed by atoms with Crippen LogP contribution in [0.15, 0.2) is 0 Å². The summed E-state index contributed by atoms with van der Waals surface area (Å²) in [5, 5.41) is 10.6. The van der Waals surface area contributed by atoms with E-state index in [4.69, 9.17) is 37.0 Å². The number of phosphoric ester groups is 2. The van der Waals surface area contributed by atoms with Crippen molar-refractivity contribution in [1.29, 1.82) is 0 Å². The van der Waals surface area contributed by atoms with Crippen LogP contribution in [0.5, 0.6) is 0 Å². The molecular formula is C73H142O17P2. The van der Waals surface area contributed by atoms with Crippen LogP contribution in [0.2, 0.25) is 0 Å². The summed E-state index contributed by atoms with van der Waals surface area (Å²) in [6, 6.07) is 0. The van der Waals surface area contributed by atoms with Gasteiger partial charge in [0.25, 0.3) is 0 Å². The minimum absolute atomic E-state index is 0.105. The second-order valence-corrected chi connectivity index (χ2v) is 30.7. The predicted octanol–water partition coefficient (Wildman–Crippen LogP) is 21.0. The van der Waals surface area contributed by atoms with Crippen molar-refractivity contribution in [2.75, 3.05) is 39.6 Å². The van der Waals surface area contributed by atoms with Crippen molar-refractivity contribution >= 4 is 39.5 Å². The van der Waals surface area contributed by atoms with Crippen molar-refractivity contribution in [3.05, 3.63) is 0 Å². The van der Waals surface area contributed by atoms with E-state index in [1.54, 1.807) is 0 Å². The molecule has 0 rings (SSSR count). The van der Waals surface area contributed by atoms with E-state index in [0.717, 1.165) is 108 Å². The van der Waals surface area contributed by atoms with E-state index in [9.17, 15) is 43.2 Å². The highest BCUT2D eigenvalue weighted by Crippen LogP contribution is 2.45. The third kappa shape index (κ3) is 66.7. The Morgan fingerprint density at radius 3 is 0.739 bits per heavy atom. The number of unbranched alkanes of at least 4 members (excludes halogenated alkanes) is 39. The lowest BCUT2D eigenvalue weighted by atomic mass is 10.0. The number of aliphatic hydroxyl groups is 1. The van der Waals surface area contributed by atoms with Crippen LogP contribution in [0, 0.1) is 17.8 Å². The molecule has 0 saturated heterocycles. The molecule has 17 nitrogen and oxygen atoms in total. The largest absolute Gasteiger partial charge is 0.472 e. The SMILES string of the molecule is CCCCCCCCCCCCC(=O)O[C@H](COC(=O)CCCCCCCCC(C)C)COP(=O)(O)OC[C@H](O)COP(=O)(O)OC[C@@H](COC(=O)CCCCCCCCCCCCCC(C)C)OC(=O)CCCCCCCCCCCCCCCCCCC(C)C. The molecule has 0 saturated carbocycles. The van der Waals surface area contributed by atoms with Crippen LogP contribution >= 0.6 is 15.6 Å². The second-order valence-electron chi connectivity index (χ2n) is 27.8. The molecule has 3 N–H and O–H groups in total. The van der Waals surface area contributed by atoms with Gasteiger partial charge in [-0.2, -0.15) is 0 Å². The van der Waals surface area contributed by atoms with Crippen molar-refractivity contribution < 1.29 is 80.2 Å². The van der Waals surface area contributed by atoms with Crippen LogP contribution in [0.1, 0.15) is 370 Å². The lowest BCUT2D eigenvalue weighted by molar-refractivity contribution is -0.161. The van der Waals surface area contributed by atoms with Crippen molar-refractivity contribution in [3.63, 3.8) is 0 Å². The maximum absolute atomic E-state index is 13.1. The summed E-state index contributed by atoms with van der Waals surface area (Å²) in [6.07, 6.45) is 48.7. The molecule has 0 aliphatic carbocycles. The lowest BCUT2D eigenvalue weighted by Gasteiger charge is -2.21. The molecule has 0 aromatic rings. The Morgan fingerprint density at radius 2 is 0.500 bits per heavy atom. The number of phosphoric acid groups is 2. The topological polar surface area (TPSA) is 237 Å². The van der Waals surface area contributed by atoms with Crippen LogP contribution in [0.4, 0.5) is 0 Å². The van der Waals surface area contributed by atoms with Crippen LogP contribution in [0.3, 0.4) is 0 Å². The molecule has 0 heterocycles. The quantitative estimate of drug-likeness (QED) is 0.0222. The minimum atomic E-state index is -4.95. The fourth-order valence-electron chi connectivity index (χ4n) is 11.1. The summed E-state index contributed by atoms with van der Waals surface area (Å²) in [5.41, 5.74) is 0. The van der Waals surface area contributed by atoms with Gasteiger partial charge in [-0.3, -0.25) is 37.3 Å². The number of hydrogen-bond donors (Lipinski definition) is 3. The molecule has 0 fully saturated rings. The maximum Gasteiger partial charge on any atom is 0.472 e. The Labute approximate surface area is 562 Å². The predicted molar refractivity (Wildman–Crippen MR) is 372 cm³/mol. The third-order valence-electron chi connectivity index (χ3n) is 16.9. The highest BCUT2D eigenvalue weighted by atomic mass is 31.2. The fraction of sp³-hybridized carbons (Fsp3) is 0.945. The van der Waals surface area contributed by atoms with Gasteiger partial charge in [0.05, 0.1) is 26.4 Å². The summed E-state index contributed by atoms with van der Waals surface area (Å²) in [4.78, 5) is 72.6. The van der Waals surface area contributed by atoms with E-state index >= 15 is 0 Å². The number of carbonyl (C=O) groups excluding carboxylic acids is 4. The van der Waals surface area contributed by atoms with E-state index in [1.165, 1.54) is 173 Å². The van der Waals surface area contributed by atoms with Crippen molar-refractivity contribution in [2.24, 2.45) is 17.8 Å². The molecule has 2 unspecified atom stereocenters. The number of carbonyl (C=O) groups is 4. The van der Waals surface area contributed by atoms with Gasteiger partial charge in [0.15, 0.2) is 12.2 Å². The summed E-state index contributed by atoms with van der Waals surface area (Å²) in [7, 11) is -9.90. The first-order chi connectivity index (χ1) is 44.2. The van der Waals surface area contributed by atoms with Gasteiger partial charge in [-0.05, 0) is 43.4 Å². The molecule has 0 aliphatic rings. The van der Waals surface area contributed by atoms with E-state index in [2.05, 4.69) is 48.5 Å². The standard InChI is InChI=1S/C73H142O17P2/c1-8-9-10-11-12-13-27-33-42-49-56-72(77)90-69(61-84-71(76)55-48-41-36-35-39-46-53-66(6)7)63-88-92(81,82)86-59-67(74)58-85-91(79,80)87-62-68(60-83-70(75)54-47-40-32-28-24-20-22-26-31-38-45-52-65(4)5)89-73(78)57-50-43-34-29-23-19-17-15-14-16-18-21-25-30-37-44-51-64(2)3/h64-69,74H,8-63H2,1-7H3,(H,79,80)(H,81,82)/t67-,68-,69-/m1/s1. The van der Waals surface area contributed by atoms with Gasteiger partial charge in [0.1, 0.15) is 19.3 Å². The summed E-state index contributed by atoms with van der Waals surface area (Å²) < 4.78 is 68.3. The Hall–Kier alpha value is -1.94. The first kappa shape index (κ1) is 90.1. The number of ether oxygens (including phenoxy) is 4. The zero-order chi connectivity index (χ0) is 68.0. The third-order valence-corrected chi connectivity index (χ3v) is 18.8. The summed E-state index contributed by atoms with van der Waals surface area (Å²) >= 11 is 0. The van der Waals surface area contributed by atoms with E-state index in [-0.39, 0.29) is 25.7 Å². The van der Waals surface area contributed by atoms with Gasteiger partial charge in [0.2, 0.25) is 0 Å². The molecule has 546 valence electrons. The number of rotatable bonds is 71. The first-order valence-electron chi connectivity index (χ1n) is 37.8. The van der Waals surface area contributed by atoms with Gasteiger partial charge < -0.3 is 33.8 Å². The first-order valence-corrected chi connectivity index (χ1v) is 40.8. The molecule has 0 amide bonds. The van der Waals surface area contributed by atoms with Crippen LogP contribution in [-0.2, 0) is 65.4 Å². The number of aliphatic hydroxyl groups excluding tert-OH is 1. The Morgan fingerprint density at radius 1 is 0.293 bits per heavy atom. The van der Waals surface area contributed by atoms with E-state index < -0.39 is 97.5 Å². The van der Waals surface area contributed by atoms with Crippen molar-refractivity contribution in [1.82, 2.24) is 0 Å². The number of hydrogen-bond acceptors (Lipinski definition) is 15. The van der Waals surface area contributed by atoms with Crippen molar-refractivity contribution in [3.8, 4) is 0 Å². The molecule has 0 aliphatic heterocycles. The Bertz CT molecular complexity index is 1800. The van der Waals surface area contributed by atoms with Gasteiger partial charge in [-0.15, -0.1) is 0 Å². The zero-order valence-electron chi connectivity index (χ0n) is 60.0. The van der Waals surface area contributed by atoms with Gasteiger partial charge in [-0.1, -0.05) is 318 Å². The summed E-state index contributed by atoms with van der Waals surface area (Å²) in [6.45, 7) is 11.8. The zero-order valence-corrected chi connectivity index (χ0v) is 61.8. The molecule has 0 spiro atoms. The second kappa shape index (κ2) is 63.8. The minimum Gasteiger partial charge on any atom is -0.462 e. The molecular weight excluding hydrogens is 1210 g/mol. The van der Waals surface area contributed by atoms with Crippen LogP contribution < -0.4 is 0 Å².